The van der Waals surface area contributed by atoms with E-state index in [1.807, 2.05) is 72.1 Å². The lowest BCUT2D eigenvalue weighted by Crippen LogP contribution is -2.57. The molecule has 3 aliphatic rings. The number of nitrogens with zero attached hydrogens (tertiary/aromatic N) is 3. The lowest BCUT2D eigenvalue weighted by atomic mass is 9.93. The van der Waals surface area contributed by atoms with E-state index in [1.54, 1.807) is 12.1 Å². The SMILES string of the molecule is O=C(NCCN1CCCCC1)c1ccccc1N1CCN(C(=O)[C@@H](Cc2ccc(Cl)cc2)NC(=O)C2N[CH]Cc3ccccc32)CC1. The van der Waals surface area contributed by atoms with E-state index in [0.717, 1.165) is 48.4 Å². The monoisotopic (exact) mass is 655 g/mol. The fraction of sp³-hybridized carbons (Fsp3) is 0.405. The minimum atomic E-state index is -0.746. The molecule has 47 heavy (non-hydrogen) atoms. The lowest BCUT2D eigenvalue weighted by molar-refractivity contribution is -0.137. The number of piperidine rings is 1. The van der Waals surface area contributed by atoms with Crippen LogP contribution in [-0.4, -0.2) is 85.9 Å². The number of rotatable bonds is 10. The zero-order chi connectivity index (χ0) is 32.6. The third-order valence-electron chi connectivity index (χ3n) is 9.45. The minimum Gasteiger partial charge on any atom is -0.367 e. The van der Waals surface area contributed by atoms with Gasteiger partial charge in [-0.1, -0.05) is 66.6 Å². The number of carbonyl (C=O) groups is 3. The van der Waals surface area contributed by atoms with Gasteiger partial charge in [0.2, 0.25) is 11.8 Å². The van der Waals surface area contributed by atoms with Crippen molar-refractivity contribution < 1.29 is 14.4 Å². The van der Waals surface area contributed by atoms with Crippen molar-refractivity contribution >= 4 is 35.0 Å². The van der Waals surface area contributed by atoms with Crippen molar-refractivity contribution in [3.05, 3.63) is 107 Å². The molecule has 6 rings (SSSR count). The average Bonchev–Trinajstić information content (AvgIpc) is 3.12. The summed E-state index contributed by atoms with van der Waals surface area (Å²) in [5.41, 5.74) is 4.46. The first-order valence-electron chi connectivity index (χ1n) is 16.8. The van der Waals surface area contributed by atoms with Gasteiger partial charge in [-0.15, -0.1) is 0 Å². The summed E-state index contributed by atoms with van der Waals surface area (Å²) in [4.78, 5) is 47.4. The molecule has 3 N–H and O–H groups in total. The standard InChI is InChI=1S/C37H44ClN6O3/c38-29-14-12-27(13-15-29)26-32(41-36(46)34-30-9-3-2-8-28(30)16-17-39-34)37(47)44-24-22-43(23-25-44)33-11-5-4-10-31(33)35(45)40-18-21-42-19-6-1-7-20-42/h2-5,8-15,17,32,34,39H,1,6-7,16,18-26H2,(H,40,45)(H,41,46)/t32-,34?/m1/s1. The van der Waals surface area contributed by atoms with Gasteiger partial charge in [0, 0.05) is 62.9 Å². The Hall–Kier alpha value is -3.92. The third kappa shape index (κ3) is 8.33. The van der Waals surface area contributed by atoms with Gasteiger partial charge in [-0.25, -0.2) is 0 Å². The Morgan fingerprint density at radius 1 is 0.851 bits per heavy atom. The van der Waals surface area contributed by atoms with E-state index in [-0.39, 0.29) is 17.7 Å². The summed E-state index contributed by atoms with van der Waals surface area (Å²) in [6.45, 7) is 7.71. The molecule has 3 aliphatic heterocycles. The van der Waals surface area contributed by atoms with Crippen LogP contribution >= 0.6 is 11.6 Å². The first-order valence-corrected chi connectivity index (χ1v) is 17.2. The van der Waals surface area contributed by atoms with Crippen molar-refractivity contribution in [1.29, 1.82) is 0 Å². The van der Waals surface area contributed by atoms with E-state index in [4.69, 9.17) is 11.6 Å². The third-order valence-corrected chi connectivity index (χ3v) is 9.70. The van der Waals surface area contributed by atoms with Crippen molar-refractivity contribution in [1.82, 2.24) is 25.8 Å². The molecular weight excluding hydrogens is 612 g/mol. The topological polar surface area (TPSA) is 97.0 Å². The normalized spacial score (nSPS) is 19.0. The number of para-hydroxylation sites is 1. The van der Waals surface area contributed by atoms with Crippen molar-refractivity contribution in [3.8, 4) is 0 Å². The van der Waals surface area contributed by atoms with Crippen LogP contribution in [0.5, 0.6) is 0 Å². The molecule has 3 aromatic carbocycles. The molecule has 0 aliphatic carbocycles. The number of fused-ring (bicyclic) bond motifs is 1. The Kier molecular flexibility index (Phi) is 11.1. The number of nitrogens with one attached hydrogen (secondary N) is 3. The zero-order valence-corrected chi connectivity index (χ0v) is 27.6. The highest BCUT2D eigenvalue weighted by molar-refractivity contribution is 6.30. The van der Waals surface area contributed by atoms with Crippen molar-refractivity contribution in [3.63, 3.8) is 0 Å². The van der Waals surface area contributed by atoms with Gasteiger partial charge in [0.15, 0.2) is 0 Å². The molecule has 3 amide bonds. The van der Waals surface area contributed by atoms with Gasteiger partial charge in [0.1, 0.15) is 12.1 Å². The molecule has 1 radical (unpaired) electrons. The molecule has 0 spiro atoms. The average molecular weight is 656 g/mol. The molecule has 247 valence electrons. The van der Waals surface area contributed by atoms with Gasteiger partial charge in [0.05, 0.1) is 5.56 Å². The molecule has 9 nitrogen and oxygen atoms in total. The van der Waals surface area contributed by atoms with Crippen LogP contribution < -0.4 is 20.9 Å². The Bertz CT molecular complexity index is 1540. The predicted molar refractivity (Wildman–Crippen MR) is 185 cm³/mol. The number of carbonyl (C=O) groups excluding carboxylic acids is 3. The second-order valence-corrected chi connectivity index (χ2v) is 13.0. The first-order chi connectivity index (χ1) is 23.0. The molecule has 2 fully saturated rings. The summed E-state index contributed by atoms with van der Waals surface area (Å²) >= 11 is 6.13. The Morgan fingerprint density at radius 2 is 1.57 bits per heavy atom. The first kappa shape index (κ1) is 33.0. The van der Waals surface area contributed by atoms with E-state index < -0.39 is 12.1 Å². The molecule has 0 aromatic heterocycles. The number of benzene rings is 3. The number of piperazine rings is 1. The quantitative estimate of drug-likeness (QED) is 0.306. The summed E-state index contributed by atoms with van der Waals surface area (Å²) in [5.74, 6) is -0.429. The lowest BCUT2D eigenvalue weighted by Gasteiger charge is -2.38. The van der Waals surface area contributed by atoms with Crippen LogP contribution in [0.1, 0.15) is 52.4 Å². The van der Waals surface area contributed by atoms with Crippen LogP contribution in [0.15, 0.2) is 72.8 Å². The van der Waals surface area contributed by atoms with E-state index in [0.29, 0.717) is 49.7 Å². The summed E-state index contributed by atoms with van der Waals surface area (Å²) in [5, 5.41) is 10.0. The van der Waals surface area contributed by atoms with Crippen LogP contribution in [0.2, 0.25) is 5.02 Å². The van der Waals surface area contributed by atoms with Crippen LogP contribution in [0.25, 0.3) is 0 Å². The van der Waals surface area contributed by atoms with Gasteiger partial charge in [-0.2, -0.15) is 0 Å². The van der Waals surface area contributed by atoms with Crippen LogP contribution in [0.4, 0.5) is 5.69 Å². The van der Waals surface area contributed by atoms with E-state index >= 15 is 0 Å². The maximum absolute atomic E-state index is 14.1. The highest BCUT2D eigenvalue weighted by atomic mass is 35.5. The summed E-state index contributed by atoms with van der Waals surface area (Å²) in [6, 6.07) is 21.6. The minimum absolute atomic E-state index is 0.0722. The van der Waals surface area contributed by atoms with Crippen LogP contribution in [0, 0.1) is 6.54 Å². The van der Waals surface area contributed by atoms with Gasteiger partial charge < -0.3 is 25.3 Å². The fourth-order valence-electron chi connectivity index (χ4n) is 6.84. The second-order valence-electron chi connectivity index (χ2n) is 12.6. The van der Waals surface area contributed by atoms with Crippen molar-refractivity contribution in [2.24, 2.45) is 0 Å². The Labute approximate surface area is 282 Å². The van der Waals surface area contributed by atoms with Gasteiger partial charge in [-0.05, 0) is 73.3 Å². The molecule has 2 atom stereocenters. The Morgan fingerprint density at radius 3 is 2.36 bits per heavy atom. The molecule has 3 heterocycles. The number of hydrogen-bond acceptors (Lipinski definition) is 6. The molecule has 2 saturated heterocycles. The molecule has 0 bridgehead atoms. The van der Waals surface area contributed by atoms with E-state index in [9.17, 15) is 14.4 Å². The highest BCUT2D eigenvalue weighted by Crippen LogP contribution is 2.26. The maximum Gasteiger partial charge on any atom is 0.253 e. The molecule has 10 heteroatoms. The van der Waals surface area contributed by atoms with E-state index in [1.165, 1.54) is 19.3 Å². The maximum atomic E-state index is 14.1. The molecular formula is C37H44ClN6O3. The largest absolute Gasteiger partial charge is 0.367 e. The smallest absolute Gasteiger partial charge is 0.253 e. The summed E-state index contributed by atoms with van der Waals surface area (Å²) < 4.78 is 0. The van der Waals surface area contributed by atoms with Crippen molar-refractivity contribution in [2.75, 3.05) is 57.3 Å². The molecule has 3 aromatic rings. The van der Waals surface area contributed by atoms with Gasteiger partial charge in [0.25, 0.3) is 5.91 Å². The van der Waals surface area contributed by atoms with Crippen molar-refractivity contribution in [2.45, 2.75) is 44.2 Å². The van der Waals surface area contributed by atoms with Crippen LogP contribution in [0.3, 0.4) is 0 Å². The van der Waals surface area contributed by atoms with E-state index in [2.05, 4.69) is 25.8 Å². The highest BCUT2D eigenvalue weighted by Gasteiger charge is 2.33. The number of halogens is 1. The number of likely N-dealkylation sites (tertiary alicyclic amines) is 1. The van der Waals surface area contributed by atoms with Gasteiger partial charge in [-0.3, -0.25) is 19.7 Å². The van der Waals surface area contributed by atoms with Crippen LogP contribution in [-0.2, 0) is 22.4 Å². The molecule has 1 unspecified atom stereocenters. The predicted octanol–water partition coefficient (Wildman–Crippen LogP) is 3.98. The molecule has 0 saturated carbocycles. The number of amides is 3. The summed E-state index contributed by atoms with van der Waals surface area (Å²) in [7, 11) is 0. The fourth-order valence-corrected chi connectivity index (χ4v) is 6.97. The zero-order valence-electron chi connectivity index (χ0n) is 26.8. The summed E-state index contributed by atoms with van der Waals surface area (Å²) in [6.07, 6.45) is 4.83. The number of hydrogen-bond donors (Lipinski definition) is 3. The number of anilines is 1. The Balaban J connectivity index is 1.10. The second kappa shape index (κ2) is 15.8. The van der Waals surface area contributed by atoms with Gasteiger partial charge >= 0.3 is 0 Å².